The van der Waals surface area contributed by atoms with Crippen LogP contribution in [0.25, 0.3) is 0 Å². The van der Waals surface area contributed by atoms with E-state index in [9.17, 15) is 0 Å². The largest absolute Gasteiger partial charge is 0.381 e. The first-order chi connectivity index (χ1) is 7.81. The molecule has 5 nitrogen and oxygen atoms in total. The van der Waals surface area contributed by atoms with Crippen LogP contribution < -0.4 is 10.2 Å². The van der Waals surface area contributed by atoms with Gasteiger partial charge in [-0.25, -0.2) is 4.98 Å². The highest BCUT2D eigenvalue weighted by Gasteiger charge is 2.19. The molecule has 0 aromatic carbocycles. The monoisotopic (exact) mass is 222 g/mol. The lowest BCUT2D eigenvalue weighted by molar-refractivity contribution is 0.0853. The fraction of sp³-hybridized carbons (Fsp3) is 0.636. The van der Waals surface area contributed by atoms with Crippen molar-refractivity contribution in [1.82, 2.24) is 9.97 Å². The van der Waals surface area contributed by atoms with Gasteiger partial charge < -0.3 is 15.0 Å². The second kappa shape index (κ2) is 5.12. The van der Waals surface area contributed by atoms with Crippen LogP contribution in [0.4, 0.5) is 11.6 Å². The van der Waals surface area contributed by atoms with Crippen molar-refractivity contribution in [2.24, 2.45) is 0 Å². The van der Waals surface area contributed by atoms with Crippen molar-refractivity contribution in [1.29, 1.82) is 0 Å². The number of anilines is 2. The Labute approximate surface area is 95.8 Å². The Morgan fingerprint density at radius 3 is 2.81 bits per heavy atom. The predicted molar refractivity (Wildman–Crippen MR) is 63.8 cm³/mol. The average molecular weight is 222 g/mol. The number of nitrogens with one attached hydrogen (secondary N) is 1. The fourth-order valence-corrected chi connectivity index (χ4v) is 1.91. The van der Waals surface area contributed by atoms with E-state index in [0.717, 1.165) is 37.7 Å². The Bertz CT molecular complexity index is 339. The van der Waals surface area contributed by atoms with Gasteiger partial charge in [-0.1, -0.05) is 0 Å². The van der Waals surface area contributed by atoms with Crippen LogP contribution in [0.2, 0.25) is 0 Å². The van der Waals surface area contributed by atoms with Crippen molar-refractivity contribution in [3.63, 3.8) is 0 Å². The maximum atomic E-state index is 5.36. The standard InChI is InChI=1S/C11H18N4O/c1-12-10-7-13-8-11(14-10)15(2)9-3-5-16-6-4-9/h7-9H,3-6H2,1-2H3,(H,12,14). The topological polar surface area (TPSA) is 50.3 Å². The highest BCUT2D eigenvalue weighted by Crippen LogP contribution is 2.19. The molecule has 2 heterocycles. The van der Waals surface area contributed by atoms with Crippen molar-refractivity contribution in [3.05, 3.63) is 12.4 Å². The number of hydrogen-bond acceptors (Lipinski definition) is 5. The lowest BCUT2D eigenvalue weighted by atomic mass is 10.1. The van der Waals surface area contributed by atoms with Crippen LogP contribution in [0, 0.1) is 0 Å². The summed E-state index contributed by atoms with van der Waals surface area (Å²) in [5, 5.41) is 3.00. The average Bonchev–Trinajstić information content (AvgIpc) is 2.39. The summed E-state index contributed by atoms with van der Waals surface area (Å²) in [6, 6.07) is 0.509. The van der Waals surface area contributed by atoms with Crippen molar-refractivity contribution in [3.8, 4) is 0 Å². The van der Waals surface area contributed by atoms with E-state index in [1.807, 2.05) is 7.05 Å². The molecular weight excluding hydrogens is 204 g/mol. The van der Waals surface area contributed by atoms with E-state index in [0.29, 0.717) is 6.04 Å². The van der Waals surface area contributed by atoms with Crippen molar-refractivity contribution < 1.29 is 4.74 Å². The molecule has 0 amide bonds. The molecule has 0 atom stereocenters. The molecule has 0 radical (unpaired) electrons. The zero-order chi connectivity index (χ0) is 11.4. The summed E-state index contributed by atoms with van der Waals surface area (Å²) >= 11 is 0. The number of nitrogens with zero attached hydrogens (tertiary/aromatic N) is 3. The molecule has 5 heteroatoms. The third-order valence-corrected chi connectivity index (χ3v) is 2.98. The van der Waals surface area contributed by atoms with Gasteiger partial charge in [-0.15, -0.1) is 0 Å². The van der Waals surface area contributed by atoms with Crippen molar-refractivity contribution >= 4 is 11.6 Å². The highest BCUT2D eigenvalue weighted by molar-refractivity contribution is 5.43. The summed E-state index contributed by atoms with van der Waals surface area (Å²) in [5.41, 5.74) is 0. The summed E-state index contributed by atoms with van der Waals surface area (Å²) in [5.74, 6) is 1.72. The minimum absolute atomic E-state index is 0.509. The number of ether oxygens (including phenoxy) is 1. The van der Waals surface area contributed by atoms with E-state index in [4.69, 9.17) is 4.74 Å². The quantitative estimate of drug-likeness (QED) is 0.831. The molecule has 0 spiro atoms. The van der Waals surface area contributed by atoms with E-state index in [-0.39, 0.29) is 0 Å². The summed E-state index contributed by atoms with van der Waals surface area (Å²) in [6.45, 7) is 1.68. The Balaban J connectivity index is 2.09. The van der Waals surface area contributed by atoms with Crippen LogP contribution in [0.3, 0.4) is 0 Å². The van der Waals surface area contributed by atoms with E-state index >= 15 is 0 Å². The zero-order valence-electron chi connectivity index (χ0n) is 9.81. The first-order valence-electron chi connectivity index (χ1n) is 5.61. The molecule has 0 aliphatic carbocycles. The predicted octanol–water partition coefficient (Wildman–Crippen LogP) is 1.13. The molecule has 1 aliphatic heterocycles. The van der Waals surface area contributed by atoms with Crippen LogP contribution in [0.15, 0.2) is 12.4 Å². The van der Waals surface area contributed by atoms with Crippen molar-refractivity contribution in [2.45, 2.75) is 18.9 Å². The molecule has 16 heavy (non-hydrogen) atoms. The molecule has 1 aromatic heterocycles. The lowest BCUT2D eigenvalue weighted by Crippen LogP contribution is -2.37. The minimum Gasteiger partial charge on any atom is -0.381 e. The highest BCUT2D eigenvalue weighted by atomic mass is 16.5. The van der Waals surface area contributed by atoms with Gasteiger partial charge in [-0.3, -0.25) is 4.98 Å². The van der Waals surface area contributed by atoms with Crippen LogP contribution in [0.1, 0.15) is 12.8 Å². The van der Waals surface area contributed by atoms with Gasteiger partial charge in [0, 0.05) is 33.4 Å². The third kappa shape index (κ3) is 2.41. The number of rotatable bonds is 3. The van der Waals surface area contributed by atoms with Crippen LogP contribution in [-0.4, -0.2) is 43.3 Å². The first kappa shape index (κ1) is 11.1. The van der Waals surface area contributed by atoms with Gasteiger partial charge in [0.2, 0.25) is 0 Å². The van der Waals surface area contributed by atoms with Gasteiger partial charge in [-0.2, -0.15) is 0 Å². The van der Waals surface area contributed by atoms with Crippen molar-refractivity contribution in [2.75, 3.05) is 37.5 Å². The molecular formula is C11H18N4O. The normalized spacial score (nSPS) is 17.1. The van der Waals surface area contributed by atoms with Gasteiger partial charge in [0.05, 0.1) is 12.4 Å². The molecule has 88 valence electrons. The Morgan fingerprint density at radius 2 is 2.12 bits per heavy atom. The second-order valence-electron chi connectivity index (χ2n) is 3.97. The number of aromatic nitrogens is 2. The van der Waals surface area contributed by atoms with Gasteiger partial charge in [-0.05, 0) is 12.8 Å². The molecule has 1 saturated heterocycles. The Morgan fingerprint density at radius 1 is 1.38 bits per heavy atom. The molecule has 0 unspecified atom stereocenters. The lowest BCUT2D eigenvalue weighted by Gasteiger charge is -2.31. The van der Waals surface area contributed by atoms with E-state index < -0.39 is 0 Å². The van der Waals surface area contributed by atoms with Gasteiger partial charge >= 0.3 is 0 Å². The summed E-state index contributed by atoms with van der Waals surface area (Å²) in [4.78, 5) is 10.8. The Hall–Kier alpha value is -1.36. The van der Waals surface area contributed by atoms with Crippen LogP contribution in [0.5, 0.6) is 0 Å². The summed E-state index contributed by atoms with van der Waals surface area (Å²) in [6.07, 6.45) is 5.64. The van der Waals surface area contributed by atoms with Gasteiger partial charge in [0.1, 0.15) is 11.6 Å². The molecule has 1 N–H and O–H groups in total. The zero-order valence-corrected chi connectivity index (χ0v) is 9.81. The maximum absolute atomic E-state index is 5.36. The SMILES string of the molecule is CNc1cncc(N(C)C2CCOCC2)n1. The molecule has 0 bridgehead atoms. The van der Waals surface area contributed by atoms with E-state index in [1.54, 1.807) is 12.4 Å². The molecule has 0 saturated carbocycles. The molecule has 1 aliphatic rings. The fourth-order valence-electron chi connectivity index (χ4n) is 1.91. The molecule has 1 aromatic rings. The Kier molecular flexibility index (Phi) is 3.56. The second-order valence-corrected chi connectivity index (χ2v) is 3.97. The van der Waals surface area contributed by atoms with E-state index in [1.165, 1.54) is 0 Å². The van der Waals surface area contributed by atoms with Gasteiger partial charge in [0.25, 0.3) is 0 Å². The third-order valence-electron chi connectivity index (χ3n) is 2.98. The summed E-state index contributed by atoms with van der Waals surface area (Å²) in [7, 11) is 3.92. The summed E-state index contributed by atoms with van der Waals surface area (Å²) < 4.78 is 5.36. The maximum Gasteiger partial charge on any atom is 0.149 e. The van der Waals surface area contributed by atoms with Crippen LogP contribution in [-0.2, 0) is 4.74 Å². The van der Waals surface area contributed by atoms with E-state index in [2.05, 4.69) is 27.2 Å². The molecule has 1 fully saturated rings. The van der Waals surface area contributed by atoms with Crippen LogP contribution >= 0.6 is 0 Å². The van der Waals surface area contributed by atoms with Gasteiger partial charge in [0.15, 0.2) is 0 Å². The molecule has 2 rings (SSSR count). The first-order valence-corrected chi connectivity index (χ1v) is 5.61. The smallest absolute Gasteiger partial charge is 0.149 e. The number of hydrogen-bond donors (Lipinski definition) is 1. The minimum atomic E-state index is 0.509.